The molecule has 0 N–H and O–H groups in total. The molecule has 17 rings (SSSR count). The molecular weight excluding hydrogens is 1100 g/mol. The maximum atomic E-state index is 9.53. The summed E-state index contributed by atoms with van der Waals surface area (Å²) in [4.78, 5) is 4.38. The van der Waals surface area contributed by atoms with Crippen LogP contribution in [0.3, 0.4) is 0 Å². The van der Waals surface area contributed by atoms with Crippen LogP contribution in [0.4, 0.5) is 34.1 Å². The zero-order valence-corrected chi connectivity index (χ0v) is 51.4. The summed E-state index contributed by atoms with van der Waals surface area (Å²) in [7, 11) is 0. The number of hydrogen-bond donors (Lipinski definition) is 0. The van der Waals surface area contributed by atoms with E-state index in [0.29, 0.717) is 22.5 Å². The van der Waals surface area contributed by atoms with Crippen molar-refractivity contribution in [2.24, 2.45) is 0 Å². The van der Waals surface area contributed by atoms with E-state index in [1.807, 2.05) is 54.6 Å². The van der Waals surface area contributed by atoms with Crippen molar-refractivity contribution in [2.75, 3.05) is 9.80 Å². The zero-order valence-electron chi connectivity index (χ0n) is 61.4. The Hall–Kier alpha value is -10.9. The van der Waals surface area contributed by atoms with Crippen LogP contribution in [0, 0.1) is 0 Å². The first-order chi connectivity index (χ1) is 48.6. The van der Waals surface area contributed by atoms with E-state index in [9.17, 15) is 5.48 Å². The number of nitrogens with zero attached hydrogens (tertiary/aromatic N) is 4. The second kappa shape index (κ2) is 20.9. The van der Waals surface area contributed by atoms with Crippen LogP contribution >= 0.6 is 0 Å². The van der Waals surface area contributed by atoms with Gasteiger partial charge < -0.3 is 18.9 Å². The summed E-state index contributed by atoms with van der Waals surface area (Å²) in [5, 5.41) is 4.34. The van der Waals surface area contributed by atoms with E-state index in [1.54, 1.807) is 0 Å². The lowest BCUT2D eigenvalue weighted by molar-refractivity contribution is 0.590. The Kier molecular flexibility index (Phi) is 10.2. The second-order valence-electron chi connectivity index (χ2n) is 26.1. The molecule has 2 aromatic heterocycles. The molecule has 4 heterocycles. The summed E-state index contributed by atoms with van der Waals surface area (Å²) in [6.45, 7) is 12.9. The average Bonchev–Trinajstić information content (AvgIpc) is 0.900. The molecule has 0 spiro atoms. The highest BCUT2D eigenvalue weighted by atomic mass is 15.2. The minimum absolute atomic E-state index is 0.0524. The molecule has 0 bridgehead atoms. The molecular formula is C86H67BN4. The van der Waals surface area contributed by atoms with Gasteiger partial charge in [0.2, 0.25) is 0 Å². The van der Waals surface area contributed by atoms with Gasteiger partial charge in [0, 0.05) is 77.9 Å². The topological polar surface area (TPSA) is 16.3 Å². The lowest BCUT2D eigenvalue weighted by Crippen LogP contribution is -2.61. The first-order valence-electron chi connectivity index (χ1n) is 36.2. The van der Waals surface area contributed by atoms with Gasteiger partial charge in [0.1, 0.15) is 0 Å². The van der Waals surface area contributed by atoms with Crippen LogP contribution in [0.25, 0.3) is 99.5 Å². The third kappa shape index (κ3) is 8.66. The number of para-hydroxylation sites is 6. The molecule has 0 saturated heterocycles. The summed E-state index contributed by atoms with van der Waals surface area (Å²) in [6, 6.07) is 78.5. The molecule has 0 amide bonds. The molecule has 0 aliphatic carbocycles. The largest absolute Gasteiger partial charge is 0.311 e. The molecule has 0 unspecified atom stereocenters. The highest BCUT2D eigenvalue weighted by Crippen LogP contribution is 2.50. The van der Waals surface area contributed by atoms with E-state index in [4.69, 9.17) is 8.22 Å². The third-order valence-corrected chi connectivity index (χ3v) is 18.8. The molecule has 0 saturated carbocycles. The Morgan fingerprint density at radius 1 is 0.308 bits per heavy atom. The average molecular weight is 1180 g/mol. The van der Waals surface area contributed by atoms with Crippen molar-refractivity contribution < 1.29 is 13.7 Å². The predicted molar refractivity (Wildman–Crippen MR) is 388 cm³/mol. The normalized spacial score (nSPS) is 14.4. The van der Waals surface area contributed by atoms with Crippen LogP contribution < -0.4 is 26.2 Å². The summed E-state index contributed by atoms with van der Waals surface area (Å²) >= 11 is 0. The quantitative estimate of drug-likeness (QED) is 0.141. The highest BCUT2D eigenvalue weighted by Gasteiger charge is 2.44. The predicted octanol–water partition coefficient (Wildman–Crippen LogP) is 21.2. The van der Waals surface area contributed by atoms with E-state index in [-0.39, 0.29) is 46.1 Å². The second-order valence-corrected chi connectivity index (χ2v) is 26.1. The molecule has 91 heavy (non-hydrogen) atoms. The van der Waals surface area contributed by atoms with Gasteiger partial charge in [0.25, 0.3) is 6.71 Å². The highest BCUT2D eigenvalue weighted by molar-refractivity contribution is 7.00. The number of benzene rings is 13. The SMILES string of the molecule is [2H]c1c([2H])c([2H])c(-c2ccccc2N2c3cc(-n4c5ccccc5c5cccc(-c6ccc(C(C)(C)C)cc6)c54)ccc3B3c4ccc(-n5c6ccccc6c6cccc(-c7ccc(C(C)(C)C)cc7)c65)cc4N(c4ccccc4-c4c([2H])c([2H])c([2H])c([2H])c4[2H])c4cccc2c43)c([2H])c1[2H]. The van der Waals surface area contributed by atoms with Gasteiger partial charge in [-0.3, -0.25) is 0 Å². The van der Waals surface area contributed by atoms with Gasteiger partial charge in [-0.2, -0.15) is 0 Å². The first-order valence-corrected chi connectivity index (χ1v) is 31.2. The van der Waals surface area contributed by atoms with E-state index < -0.39 is 43.0 Å². The van der Waals surface area contributed by atoms with Crippen molar-refractivity contribution in [3.63, 3.8) is 0 Å². The van der Waals surface area contributed by atoms with E-state index >= 15 is 0 Å². The molecule has 5 heteroatoms. The van der Waals surface area contributed by atoms with Crippen molar-refractivity contribution in [1.29, 1.82) is 0 Å². The van der Waals surface area contributed by atoms with E-state index in [2.05, 4.69) is 242 Å². The molecule has 0 atom stereocenters. The van der Waals surface area contributed by atoms with Gasteiger partial charge in [-0.1, -0.05) is 278 Å². The summed E-state index contributed by atoms with van der Waals surface area (Å²) < 4.78 is 96.4. The number of anilines is 6. The van der Waals surface area contributed by atoms with Gasteiger partial charge in [-0.05, 0) is 121 Å². The first kappa shape index (κ1) is 44.5. The summed E-state index contributed by atoms with van der Waals surface area (Å²) in [6.07, 6.45) is 0. The van der Waals surface area contributed by atoms with Crippen molar-refractivity contribution >= 4 is 101 Å². The Balaban J connectivity index is 0.978. The van der Waals surface area contributed by atoms with Gasteiger partial charge >= 0.3 is 0 Å². The minimum atomic E-state index is -0.493. The Morgan fingerprint density at radius 3 is 1.10 bits per heavy atom. The van der Waals surface area contributed by atoms with E-state index in [0.717, 1.165) is 116 Å². The third-order valence-electron chi connectivity index (χ3n) is 18.8. The number of aromatic nitrogens is 2. The van der Waals surface area contributed by atoms with Crippen LogP contribution in [0.15, 0.2) is 297 Å². The Bertz CT molecular complexity index is 5600. The zero-order chi connectivity index (χ0) is 70.0. The van der Waals surface area contributed by atoms with Crippen LogP contribution in [-0.2, 0) is 10.8 Å². The lowest BCUT2D eigenvalue weighted by Gasteiger charge is -2.45. The molecule has 4 nitrogen and oxygen atoms in total. The maximum absolute atomic E-state index is 9.53. The summed E-state index contributed by atoms with van der Waals surface area (Å²) in [5.41, 5.74) is 20.4. The summed E-state index contributed by atoms with van der Waals surface area (Å²) in [5.74, 6) is 0. The van der Waals surface area contributed by atoms with Crippen molar-refractivity contribution in [3.05, 3.63) is 308 Å². The molecule has 2 aliphatic rings. The molecule has 0 fully saturated rings. The van der Waals surface area contributed by atoms with E-state index in [1.165, 1.54) is 11.1 Å². The van der Waals surface area contributed by atoms with Crippen molar-refractivity contribution in [3.8, 4) is 55.9 Å². The fraction of sp³-hybridized carbons (Fsp3) is 0.0930. The monoisotopic (exact) mass is 1180 g/mol. The Morgan fingerprint density at radius 2 is 0.670 bits per heavy atom. The maximum Gasteiger partial charge on any atom is 0.252 e. The van der Waals surface area contributed by atoms with Crippen molar-refractivity contribution in [2.45, 2.75) is 52.4 Å². The molecule has 0 radical (unpaired) electrons. The fourth-order valence-corrected chi connectivity index (χ4v) is 14.6. The molecule has 434 valence electrons. The smallest absolute Gasteiger partial charge is 0.252 e. The number of hydrogen-bond acceptors (Lipinski definition) is 2. The van der Waals surface area contributed by atoms with Crippen molar-refractivity contribution in [1.82, 2.24) is 9.13 Å². The van der Waals surface area contributed by atoms with Crippen LogP contribution in [0.5, 0.6) is 0 Å². The fourth-order valence-electron chi connectivity index (χ4n) is 14.6. The van der Waals surface area contributed by atoms with Crippen LogP contribution in [0.1, 0.15) is 66.4 Å². The molecule has 13 aromatic carbocycles. The van der Waals surface area contributed by atoms with Crippen LogP contribution in [-0.4, -0.2) is 15.8 Å². The molecule has 2 aliphatic heterocycles. The Labute approximate surface area is 547 Å². The minimum Gasteiger partial charge on any atom is -0.311 e. The van der Waals surface area contributed by atoms with Gasteiger partial charge in [-0.15, -0.1) is 0 Å². The number of fused-ring (bicyclic) bond motifs is 10. The number of rotatable bonds is 8. The standard InChI is InChI=1S/C86H67BN4/c1-85(2,3)60-46-42-58(43-47-60)66-32-21-34-70-68-30-15-19-38-76(68)88(83(66)70)62-50-52-72-80(54-62)90(74-36-17-13-28-64(74)56-24-9-7-10-25-56)78-40-23-41-79-82(78)87(72)73-53-51-63(55-81(73)91(79)75-37-18-14-29-65(75)57-26-11-8-12-27-57)89-77-39-20-16-31-69(77)71-35-22-33-67(84(71)89)59-44-48-61(49-45-59)86(4,5)6/h7-55H,1-6H3/i7D,8D,9D,10D,11D,12D,24D,25D,26D,27D. The van der Waals surface area contributed by atoms with Gasteiger partial charge in [0.05, 0.1) is 47.1 Å². The van der Waals surface area contributed by atoms with Gasteiger partial charge in [-0.25, -0.2) is 0 Å². The van der Waals surface area contributed by atoms with Gasteiger partial charge in [0.15, 0.2) is 0 Å². The molecule has 15 aromatic rings. The van der Waals surface area contributed by atoms with Crippen LogP contribution in [0.2, 0.25) is 0 Å². The lowest BCUT2D eigenvalue weighted by atomic mass is 9.33.